The van der Waals surface area contributed by atoms with Gasteiger partial charge in [0.15, 0.2) is 5.69 Å². The monoisotopic (exact) mass is 444 g/mol. The van der Waals surface area contributed by atoms with Crippen LogP contribution in [-0.2, 0) is 6.18 Å². The molecular weight excluding hydrogens is 425 g/mol. The van der Waals surface area contributed by atoms with Gasteiger partial charge in [-0.15, -0.1) is 4.80 Å². The summed E-state index contributed by atoms with van der Waals surface area (Å²) >= 11 is 0. The molecule has 166 valence electrons. The van der Waals surface area contributed by atoms with Crippen molar-refractivity contribution in [2.45, 2.75) is 38.1 Å². The number of carbonyl (C=O) groups excluding carboxylic acids is 1. The summed E-state index contributed by atoms with van der Waals surface area (Å²) in [4.78, 5) is 24.7. The van der Waals surface area contributed by atoms with Gasteiger partial charge in [-0.25, -0.2) is 9.97 Å². The molecule has 3 atom stereocenters. The SMILES string of the molecule is Cc1cnc(C(=O)N2CC3C[C@@H](Oc4ccc(C(F)(F)F)cn4)[C@@H]2C3)c(-n2nccn2)c1. The average molecular weight is 444 g/mol. The van der Waals surface area contributed by atoms with Crippen molar-refractivity contribution < 1.29 is 22.7 Å². The van der Waals surface area contributed by atoms with Gasteiger partial charge in [-0.2, -0.15) is 23.4 Å². The second-order valence-electron chi connectivity index (χ2n) is 8.10. The topological polar surface area (TPSA) is 86.0 Å². The first kappa shape index (κ1) is 20.4. The number of piperidine rings is 1. The minimum Gasteiger partial charge on any atom is -0.472 e. The number of aromatic nitrogens is 5. The zero-order chi connectivity index (χ0) is 22.5. The Labute approximate surface area is 181 Å². The van der Waals surface area contributed by atoms with E-state index >= 15 is 0 Å². The highest BCUT2D eigenvalue weighted by Crippen LogP contribution is 2.40. The fourth-order valence-corrected chi connectivity index (χ4v) is 4.45. The Morgan fingerprint density at radius 1 is 1.12 bits per heavy atom. The van der Waals surface area contributed by atoms with Gasteiger partial charge in [-0.1, -0.05) is 0 Å². The number of likely N-dealkylation sites (tertiary alicyclic amines) is 1. The number of hydrogen-bond donors (Lipinski definition) is 0. The van der Waals surface area contributed by atoms with Gasteiger partial charge in [-0.3, -0.25) is 4.79 Å². The number of aryl methyl sites for hydroxylation is 1. The van der Waals surface area contributed by atoms with Crippen LogP contribution in [0.15, 0.2) is 43.0 Å². The van der Waals surface area contributed by atoms with Crippen LogP contribution in [0.1, 0.15) is 34.5 Å². The second kappa shape index (κ2) is 7.57. The molecular formula is C21H19F3N6O2. The van der Waals surface area contributed by atoms with Gasteiger partial charge in [0.2, 0.25) is 5.88 Å². The molecule has 3 aromatic heterocycles. The maximum atomic E-state index is 13.4. The number of hydrogen-bond acceptors (Lipinski definition) is 6. The predicted molar refractivity (Wildman–Crippen MR) is 105 cm³/mol. The van der Waals surface area contributed by atoms with E-state index in [0.717, 1.165) is 24.2 Å². The van der Waals surface area contributed by atoms with E-state index in [0.29, 0.717) is 18.7 Å². The number of amides is 1. The molecule has 1 saturated carbocycles. The number of ether oxygens (including phenoxy) is 1. The molecule has 8 nitrogen and oxygen atoms in total. The Bertz CT molecular complexity index is 1130. The molecule has 0 radical (unpaired) electrons. The van der Waals surface area contributed by atoms with Gasteiger partial charge in [0.05, 0.1) is 24.0 Å². The predicted octanol–water partition coefficient (Wildman–Crippen LogP) is 3.07. The van der Waals surface area contributed by atoms with E-state index in [4.69, 9.17) is 4.74 Å². The maximum absolute atomic E-state index is 13.4. The number of pyridine rings is 2. The first-order valence-corrected chi connectivity index (χ1v) is 10.1. The summed E-state index contributed by atoms with van der Waals surface area (Å²) in [6, 6.07) is 3.74. The third-order valence-electron chi connectivity index (χ3n) is 5.86. The zero-order valence-corrected chi connectivity index (χ0v) is 17.0. The number of halogens is 3. The molecule has 3 aromatic rings. The van der Waals surface area contributed by atoms with E-state index in [1.807, 2.05) is 6.92 Å². The molecule has 0 N–H and O–H groups in total. The van der Waals surface area contributed by atoms with Crippen LogP contribution in [0.4, 0.5) is 13.2 Å². The van der Waals surface area contributed by atoms with Crippen LogP contribution in [0.2, 0.25) is 0 Å². The summed E-state index contributed by atoms with van der Waals surface area (Å²) < 4.78 is 44.2. The van der Waals surface area contributed by atoms with Gasteiger partial charge < -0.3 is 9.64 Å². The van der Waals surface area contributed by atoms with Crippen molar-refractivity contribution in [1.29, 1.82) is 0 Å². The highest BCUT2D eigenvalue weighted by molar-refractivity contribution is 5.96. The van der Waals surface area contributed by atoms with Gasteiger partial charge in [-0.05, 0) is 43.4 Å². The van der Waals surface area contributed by atoms with Crippen molar-refractivity contribution in [3.8, 4) is 11.6 Å². The molecule has 1 amide bonds. The van der Waals surface area contributed by atoms with Crippen LogP contribution >= 0.6 is 0 Å². The first-order valence-electron chi connectivity index (χ1n) is 10.1. The quantitative estimate of drug-likeness (QED) is 0.615. The summed E-state index contributed by atoms with van der Waals surface area (Å²) in [7, 11) is 0. The molecule has 0 aromatic carbocycles. The number of carbonyl (C=O) groups is 1. The highest BCUT2D eigenvalue weighted by atomic mass is 19.4. The Morgan fingerprint density at radius 3 is 2.56 bits per heavy atom. The molecule has 32 heavy (non-hydrogen) atoms. The molecule has 11 heteroatoms. The molecule has 5 rings (SSSR count). The highest BCUT2D eigenvalue weighted by Gasteiger charge is 2.49. The van der Waals surface area contributed by atoms with Crippen LogP contribution in [-0.4, -0.2) is 54.5 Å². The summed E-state index contributed by atoms with van der Waals surface area (Å²) in [5.74, 6) is 0.108. The van der Waals surface area contributed by atoms with Gasteiger partial charge in [0, 0.05) is 25.0 Å². The lowest BCUT2D eigenvalue weighted by molar-refractivity contribution is -0.137. The number of alkyl halides is 3. The summed E-state index contributed by atoms with van der Waals surface area (Å²) in [5.41, 5.74) is 0.765. The molecule has 2 fully saturated rings. The summed E-state index contributed by atoms with van der Waals surface area (Å²) in [6.07, 6.45) is 2.09. The number of rotatable bonds is 4. The van der Waals surface area contributed by atoms with Crippen LogP contribution in [0.25, 0.3) is 5.69 Å². The molecule has 0 spiro atoms. The minimum absolute atomic E-state index is 0.109. The van der Waals surface area contributed by atoms with Crippen LogP contribution in [0, 0.1) is 12.8 Å². The van der Waals surface area contributed by atoms with Crippen LogP contribution in [0.3, 0.4) is 0 Å². The van der Waals surface area contributed by atoms with Crippen molar-refractivity contribution in [3.05, 3.63) is 59.8 Å². The fraction of sp³-hybridized carbons (Fsp3) is 0.381. The summed E-state index contributed by atoms with van der Waals surface area (Å²) in [6.45, 7) is 2.44. The van der Waals surface area contributed by atoms with Crippen molar-refractivity contribution in [3.63, 3.8) is 0 Å². The van der Waals surface area contributed by atoms with Gasteiger partial charge >= 0.3 is 6.18 Å². The Balaban J connectivity index is 1.36. The molecule has 1 aliphatic heterocycles. The molecule has 2 aliphatic rings. The molecule has 4 heterocycles. The van der Waals surface area contributed by atoms with E-state index in [1.54, 1.807) is 17.2 Å². The molecule has 1 aliphatic carbocycles. The zero-order valence-electron chi connectivity index (χ0n) is 17.0. The lowest BCUT2D eigenvalue weighted by atomic mass is 10.1. The van der Waals surface area contributed by atoms with Crippen LogP contribution in [0.5, 0.6) is 5.88 Å². The molecule has 1 saturated heterocycles. The number of fused-ring (bicyclic) bond motifs is 2. The Morgan fingerprint density at radius 2 is 1.91 bits per heavy atom. The number of nitrogens with zero attached hydrogens (tertiary/aromatic N) is 6. The standard InChI is InChI=1S/C21H19F3N6O2/c1-12-6-16(30-27-4-5-28-30)19(26-9-12)20(31)29-11-13-7-15(29)17(8-13)32-18-3-2-14(10-25-18)21(22,23)24/h2-6,9-10,13,15,17H,7-8,11H2,1H3/t13?,15-,17+/m0/s1. The van der Waals surface area contributed by atoms with Gasteiger partial charge in [0.1, 0.15) is 11.8 Å². The van der Waals surface area contributed by atoms with E-state index in [-0.39, 0.29) is 35.5 Å². The van der Waals surface area contributed by atoms with Crippen LogP contribution < -0.4 is 4.74 Å². The largest absolute Gasteiger partial charge is 0.472 e. The van der Waals surface area contributed by atoms with Gasteiger partial charge in [0.25, 0.3) is 5.91 Å². The van der Waals surface area contributed by atoms with Crippen molar-refractivity contribution in [1.82, 2.24) is 29.9 Å². The average Bonchev–Trinajstić information content (AvgIpc) is 3.50. The Hall–Kier alpha value is -3.50. The van der Waals surface area contributed by atoms with Crippen molar-refractivity contribution in [2.75, 3.05) is 6.54 Å². The normalized spacial score (nSPS) is 22.4. The third kappa shape index (κ3) is 3.67. The lowest BCUT2D eigenvalue weighted by Crippen LogP contribution is -2.47. The molecule has 1 unspecified atom stereocenters. The van der Waals surface area contributed by atoms with E-state index in [1.165, 1.54) is 23.3 Å². The van der Waals surface area contributed by atoms with E-state index in [9.17, 15) is 18.0 Å². The minimum atomic E-state index is -4.46. The van der Waals surface area contributed by atoms with Crippen molar-refractivity contribution in [2.24, 2.45) is 5.92 Å². The van der Waals surface area contributed by atoms with E-state index < -0.39 is 11.7 Å². The first-order chi connectivity index (χ1) is 15.3. The Kier molecular flexibility index (Phi) is 4.83. The van der Waals surface area contributed by atoms with Crippen molar-refractivity contribution >= 4 is 5.91 Å². The smallest absolute Gasteiger partial charge is 0.417 e. The maximum Gasteiger partial charge on any atom is 0.417 e. The molecule has 2 bridgehead atoms. The third-order valence-corrected chi connectivity index (χ3v) is 5.86. The lowest BCUT2D eigenvalue weighted by Gasteiger charge is -2.33. The fourth-order valence-electron chi connectivity index (χ4n) is 4.45. The summed E-state index contributed by atoms with van der Waals surface area (Å²) in [5, 5.41) is 8.24. The van der Waals surface area contributed by atoms with E-state index in [2.05, 4.69) is 20.2 Å². The second-order valence-corrected chi connectivity index (χ2v) is 8.10.